The molecule has 0 radical (unpaired) electrons. The Balaban J connectivity index is 0. The van der Waals surface area contributed by atoms with Crippen LogP contribution in [0.15, 0.2) is 30.6 Å². The van der Waals surface area contributed by atoms with Gasteiger partial charge in [-0.1, -0.05) is 6.07 Å². The Morgan fingerprint density at radius 2 is 1.50 bits per heavy atom. The molecule has 12 heavy (non-hydrogen) atoms. The molecular weight excluding hydrogens is 245 g/mol. The molecule has 0 saturated carbocycles. The second kappa shape index (κ2) is 7.47. The Morgan fingerprint density at radius 3 is 1.58 bits per heavy atom. The second-order valence-electron chi connectivity index (χ2n) is 1.47. The number of hydrogen-bond donors (Lipinski definition) is 0. The van der Waals surface area contributed by atoms with Crippen LogP contribution in [-0.4, -0.2) is 0 Å². The molecule has 0 aliphatic heterocycles. The molecule has 0 saturated heterocycles. The molecule has 0 bridgehead atoms. The average molecular weight is 252 g/mol. The van der Waals surface area contributed by atoms with Crippen LogP contribution in [0, 0.1) is 0 Å². The van der Waals surface area contributed by atoms with Gasteiger partial charge in [-0.2, -0.15) is 0 Å². The maximum atomic E-state index is 8.91. The first-order valence-corrected chi connectivity index (χ1v) is 5.88. The maximum absolute atomic E-state index is 8.91. The Morgan fingerprint density at radius 1 is 1.17 bits per heavy atom. The summed E-state index contributed by atoms with van der Waals surface area (Å²) in [4.78, 5) is 2.89. The molecule has 0 unspecified atom stereocenters. The number of hydrogen-bond acceptors (Lipinski definition) is 3. The van der Waals surface area contributed by atoms with Gasteiger partial charge in [-0.25, -0.2) is 4.98 Å². The fourth-order valence-electron chi connectivity index (χ4n) is 0.342. The third kappa shape index (κ3) is 22.6. The largest absolute Gasteiger partial charge is 0.218 e. The number of rotatable bonds is 0. The van der Waals surface area contributed by atoms with Crippen molar-refractivity contribution in [2.45, 2.75) is 0 Å². The van der Waals surface area contributed by atoms with Crippen LogP contribution in [0.5, 0.6) is 0 Å². The monoisotopic (exact) mass is 251 g/mol. The van der Waals surface area contributed by atoms with Gasteiger partial charge in [0.05, 0.1) is 0 Å². The number of pyridine rings is 1. The summed E-state index contributed by atoms with van der Waals surface area (Å²) in [7, 11) is 4.02. The van der Waals surface area contributed by atoms with Gasteiger partial charge in [0.2, 0.25) is 0 Å². The molecule has 1 aromatic rings. The second-order valence-corrected chi connectivity index (χ2v) is 4.26. The van der Waals surface area contributed by atoms with Gasteiger partial charge in [-0.3, -0.25) is 0 Å². The molecule has 70 valence electrons. The van der Waals surface area contributed by atoms with E-state index in [2.05, 4.69) is 15.0 Å². The molecular formula is C5H7Cl2CrNO3. The summed E-state index contributed by atoms with van der Waals surface area (Å²) >= 11 is -5.03. The number of aromatic amines is 1. The minimum atomic E-state index is -5.03. The standard InChI is InChI=1S/C5H5N.2ClH.Cr.3O/c1-2-4-6-5-3-1;;;;;;/h1-5H;2*1H;;;;/q;;;+1;;;-1. The van der Waals surface area contributed by atoms with E-state index in [4.69, 9.17) is 11.8 Å². The minimum absolute atomic E-state index is 0. The summed E-state index contributed by atoms with van der Waals surface area (Å²) in [5.41, 5.74) is 0. The van der Waals surface area contributed by atoms with E-state index in [1.165, 1.54) is 0 Å². The van der Waals surface area contributed by atoms with Crippen LogP contribution in [0.2, 0.25) is 0 Å². The summed E-state index contributed by atoms with van der Waals surface area (Å²) in [5, 5.41) is 0. The molecule has 7 heteroatoms. The summed E-state index contributed by atoms with van der Waals surface area (Å²) in [6.07, 6.45) is 3.75. The summed E-state index contributed by atoms with van der Waals surface area (Å²) < 4.78 is 26.7. The number of nitrogens with one attached hydrogen (secondary N) is 1. The number of halogens is 2. The van der Waals surface area contributed by atoms with Crippen LogP contribution >= 0.6 is 22.5 Å². The van der Waals surface area contributed by atoms with Crippen molar-refractivity contribution in [1.82, 2.24) is 0 Å². The number of H-pyrrole nitrogens is 1. The van der Waals surface area contributed by atoms with Crippen molar-refractivity contribution in [2.75, 3.05) is 0 Å². The van der Waals surface area contributed by atoms with Gasteiger partial charge >= 0.3 is 34.2 Å². The van der Waals surface area contributed by atoms with Crippen LogP contribution in [0.25, 0.3) is 0 Å². The zero-order valence-electron chi connectivity index (χ0n) is 5.81. The van der Waals surface area contributed by atoms with E-state index in [-0.39, 0.29) is 12.4 Å². The van der Waals surface area contributed by atoms with E-state index in [1.54, 1.807) is 0 Å². The maximum Gasteiger partial charge on any atom is 0.166 e. The normalized spacial score (nSPS) is 8.83. The molecule has 0 aliphatic rings. The van der Waals surface area contributed by atoms with Gasteiger partial charge in [0.1, 0.15) is 0 Å². The summed E-state index contributed by atoms with van der Waals surface area (Å²) in [6, 6.07) is 5.86. The van der Waals surface area contributed by atoms with Crippen LogP contribution in [-0.2, 0) is 20.0 Å². The van der Waals surface area contributed by atoms with Gasteiger partial charge in [0.25, 0.3) is 0 Å². The van der Waals surface area contributed by atoms with E-state index < -0.39 is 12.4 Å². The third-order valence-corrected chi connectivity index (χ3v) is 0.607. The molecule has 0 spiro atoms. The molecule has 0 fully saturated rings. The molecule has 1 N–H and O–H groups in total. The summed E-state index contributed by atoms with van der Waals surface area (Å²) in [6.45, 7) is 0. The smallest absolute Gasteiger partial charge is 0.166 e. The van der Waals surface area contributed by atoms with Crippen LogP contribution in [0.4, 0.5) is 0 Å². The van der Waals surface area contributed by atoms with Crippen molar-refractivity contribution in [3.05, 3.63) is 30.6 Å². The topological polar surface area (TPSA) is 71.3 Å². The molecule has 0 amide bonds. The predicted octanol–water partition coefficient (Wildman–Crippen LogP) is 0.183. The molecule has 1 heterocycles. The number of aromatic nitrogens is 1. The zero-order chi connectivity index (χ0) is 8.74. The van der Waals surface area contributed by atoms with Crippen molar-refractivity contribution >= 4 is 22.5 Å². The molecule has 4 nitrogen and oxygen atoms in total. The third-order valence-electron chi connectivity index (χ3n) is 0.607. The Hall–Kier alpha value is -0.178. The van der Waals surface area contributed by atoms with Gasteiger partial charge in [0, 0.05) is 12.1 Å². The van der Waals surface area contributed by atoms with E-state index in [0.29, 0.717) is 0 Å². The average Bonchev–Trinajstić information content (AvgIpc) is 1.88. The van der Waals surface area contributed by atoms with Crippen LogP contribution < -0.4 is 9.14 Å². The Kier molecular flexibility index (Phi) is 8.93. The van der Waals surface area contributed by atoms with Crippen LogP contribution in [0.1, 0.15) is 0 Å². The summed E-state index contributed by atoms with van der Waals surface area (Å²) in [5.74, 6) is 0. The molecule has 0 atom stereocenters. The molecule has 1 aromatic heterocycles. The fourth-order valence-corrected chi connectivity index (χ4v) is 0.342. The SMILES string of the molecule is Cl.[O]=[Cr](=[O])([O-])[Cl].c1cc[nH+]cc1. The van der Waals surface area contributed by atoms with E-state index >= 15 is 0 Å². The Bertz CT molecular complexity index is 241. The van der Waals surface area contributed by atoms with E-state index in [0.717, 1.165) is 0 Å². The Labute approximate surface area is 82.2 Å². The predicted molar refractivity (Wildman–Crippen MR) is 37.5 cm³/mol. The van der Waals surface area contributed by atoms with Crippen molar-refractivity contribution in [3.8, 4) is 0 Å². The van der Waals surface area contributed by atoms with Gasteiger partial charge in [0.15, 0.2) is 12.4 Å². The fraction of sp³-hybridized carbons (Fsp3) is 0. The molecule has 1 rings (SSSR count). The van der Waals surface area contributed by atoms with Crippen molar-refractivity contribution in [2.24, 2.45) is 0 Å². The van der Waals surface area contributed by atoms with Crippen molar-refractivity contribution < 1.29 is 29.1 Å². The van der Waals surface area contributed by atoms with Crippen molar-refractivity contribution in [3.63, 3.8) is 0 Å². The minimum Gasteiger partial charge on any atom is -0.218 e. The van der Waals surface area contributed by atoms with E-state index in [1.807, 2.05) is 30.6 Å². The van der Waals surface area contributed by atoms with Gasteiger partial charge in [-0.15, -0.1) is 12.4 Å². The van der Waals surface area contributed by atoms with Crippen molar-refractivity contribution in [1.29, 1.82) is 0 Å². The van der Waals surface area contributed by atoms with Gasteiger partial charge in [-0.05, 0) is 0 Å². The molecule has 0 aromatic carbocycles. The van der Waals surface area contributed by atoms with Gasteiger partial charge < -0.3 is 0 Å². The quantitative estimate of drug-likeness (QED) is 0.661. The molecule has 0 aliphatic carbocycles. The first-order chi connectivity index (χ1) is 5.00. The first-order valence-electron chi connectivity index (χ1n) is 2.56. The van der Waals surface area contributed by atoms with Crippen LogP contribution in [0.3, 0.4) is 0 Å². The first kappa shape index (κ1) is 14.4. The zero-order valence-corrected chi connectivity index (χ0v) is 8.65. The van der Waals surface area contributed by atoms with E-state index in [9.17, 15) is 0 Å².